The van der Waals surface area contributed by atoms with E-state index in [1.54, 1.807) is 19.1 Å². The molecule has 1 atom stereocenters. The fraction of sp³-hybridized carbons (Fsp3) is 0.300. The van der Waals surface area contributed by atoms with Crippen LogP contribution in [0.4, 0.5) is 11.4 Å². The molecule has 3 rings (SSSR count). The molecule has 0 aliphatic carbocycles. The van der Waals surface area contributed by atoms with E-state index in [4.69, 9.17) is 0 Å². The van der Waals surface area contributed by atoms with Gasteiger partial charge in [-0.3, -0.25) is 9.59 Å². The van der Waals surface area contributed by atoms with Gasteiger partial charge >= 0.3 is 0 Å². The van der Waals surface area contributed by atoms with Crippen LogP contribution in [0.5, 0.6) is 0 Å². The van der Waals surface area contributed by atoms with E-state index in [0.29, 0.717) is 23.5 Å². The molecule has 0 spiro atoms. The first-order valence-corrected chi connectivity index (χ1v) is 11.6. The first kappa shape index (κ1) is 20.4. The Kier molecular flexibility index (Phi) is 6.10. The molecule has 2 amide bonds. The minimum Gasteiger partial charge on any atom is -0.326 e. The van der Waals surface area contributed by atoms with Gasteiger partial charge in [0.2, 0.25) is 11.8 Å². The van der Waals surface area contributed by atoms with Crippen molar-refractivity contribution in [2.24, 2.45) is 5.92 Å². The molecular formula is C20H22N2O4S2. The van der Waals surface area contributed by atoms with E-state index in [0.717, 1.165) is 10.5 Å². The smallest absolute Gasteiger partial charge is 0.228 e. The molecule has 8 heteroatoms. The predicted molar refractivity (Wildman–Crippen MR) is 111 cm³/mol. The molecule has 0 saturated heterocycles. The first-order valence-electron chi connectivity index (χ1n) is 8.92. The number of nitrogens with one attached hydrogen (secondary N) is 2. The number of fused-ring (bicyclic) bond motifs is 1. The van der Waals surface area contributed by atoms with Crippen molar-refractivity contribution in [1.82, 2.24) is 0 Å². The lowest BCUT2D eigenvalue weighted by Gasteiger charge is -2.15. The van der Waals surface area contributed by atoms with Gasteiger partial charge < -0.3 is 10.6 Å². The molecular weight excluding hydrogens is 396 g/mol. The standard InChI is InChI=1S/C20H22N2O4S2/c1-13-5-3-4-6-16(13)22-20(24)14(2)12-28(25,26)15-7-8-18-17(11-15)21-19(23)9-10-27-18/h3-8,11,14H,9-10,12H2,1-2H3,(H,21,23)(H,22,24)/t14-/m0/s1. The number of aryl methyl sites for hydroxylation is 1. The summed E-state index contributed by atoms with van der Waals surface area (Å²) in [5.41, 5.74) is 2.08. The lowest BCUT2D eigenvalue weighted by molar-refractivity contribution is -0.119. The number of benzene rings is 2. The summed E-state index contributed by atoms with van der Waals surface area (Å²) in [4.78, 5) is 25.2. The van der Waals surface area contributed by atoms with Crippen molar-refractivity contribution in [1.29, 1.82) is 0 Å². The summed E-state index contributed by atoms with van der Waals surface area (Å²) in [6, 6.07) is 12.1. The molecule has 148 valence electrons. The highest BCUT2D eigenvalue weighted by atomic mass is 32.2. The van der Waals surface area contributed by atoms with Crippen LogP contribution in [0.25, 0.3) is 0 Å². The number of amides is 2. The average Bonchev–Trinajstić information content (AvgIpc) is 2.83. The van der Waals surface area contributed by atoms with Gasteiger partial charge in [-0.25, -0.2) is 8.42 Å². The van der Waals surface area contributed by atoms with Crippen molar-refractivity contribution < 1.29 is 18.0 Å². The largest absolute Gasteiger partial charge is 0.326 e. The Balaban J connectivity index is 1.75. The molecule has 2 N–H and O–H groups in total. The second-order valence-corrected chi connectivity index (χ2v) is 9.96. The SMILES string of the molecule is Cc1ccccc1NC(=O)[C@@H](C)CS(=O)(=O)c1ccc2c(c1)NC(=O)CCS2. The topological polar surface area (TPSA) is 92.3 Å². The molecule has 0 unspecified atom stereocenters. The number of thioether (sulfide) groups is 1. The van der Waals surface area contributed by atoms with Gasteiger partial charge in [0.05, 0.1) is 16.3 Å². The van der Waals surface area contributed by atoms with Crippen LogP contribution in [0, 0.1) is 12.8 Å². The normalized spacial score (nSPS) is 15.1. The van der Waals surface area contributed by atoms with Gasteiger partial charge in [-0.1, -0.05) is 25.1 Å². The summed E-state index contributed by atoms with van der Waals surface area (Å²) < 4.78 is 25.6. The lowest BCUT2D eigenvalue weighted by Crippen LogP contribution is -2.27. The van der Waals surface area contributed by atoms with Gasteiger partial charge in [0, 0.05) is 28.7 Å². The van der Waals surface area contributed by atoms with Crippen LogP contribution in [0.2, 0.25) is 0 Å². The van der Waals surface area contributed by atoms with E-state index in [2.05, 4.69) is 10.6 Å². The van der Waals surface area contributed by atoms with Crippen molar-refractivity contribution in [3.8, 4) is 0 Å². The molecule has 2 aromatic rings. The third kappa shape index (κ3) is 4.74. The zero-order valence-electron chi connectivity index (χ0n) is 15.7. The molecule has 0 fully saturated rings. The Bertz CT molecular complexity index is 1020. The van der Waals surface area contributed by atoms with Gasteiger partial charge in [-0.05, 0) is 36.8 Å². The second kappa shape index (κ2) is 8.36. The maximum Gasteiger partial charge on any atom is 0.228 e. The van der Waals surface area contributed by atoms with Crippen LogP contribution in [-0.4, -0.2) is 31.7 Å². The summed E-state index contributed by atoms with van der Waals surface area (Å²) in [6.45, 7) is 3.46. The van der Waals surface area contributed by atoms with E-state index in [1.165, 1.54) is 23.9 Å². The number of rotatable bonds is 5. The first-order chi connectivity index (χ1) is 13.3. The Labute approximate surface area is 169 Å². The maximum atomic E-state index is 12.8. The van der Waals surface area contributed by atoms with Crippen molar-refractivity contribution in [3.05, 3.63) is 48.0 Å². The minimum atomic E-state index is -3.69. The highest BCUT2D eigenvalue weighted by Gasteiger charge is 2.25. The molecule has 0 saturated carbocycles. The Morgan fingerprint density at radius 3 is 2.75 bits per heavy atom. The quantitative estimate of drug-likeness (QED) is 0.776. The predicted octanol–water partition coefficient (Wildman–Crippen LogP) is 3.48. The van der Waals surface area contributed by atoms with Crippen LogP contribution in [-0.2, 0) is 19.4 Å². The summed E-state index contributed by atoms with van der Waals surface area (Å²) in [7, 11) is -3.69. The van der Waals surface area contributed by atoms with E-state index in [1.807, 2.05) is 25.1 Å². The number of carbonyl (C=O) groups is 2. The van der Waals surface area contributed by atoms with Crippen molar-refractivity contribution >= 4 is 44.8 Å². The molecule has 1 aliphatic heterocycles. The molecule has 0 bridgehead atoms. The maximum absolute atomic E-state index is 12.8. The van der Waals surface area contributed by atoms with Gasteiger partial charge in [0.25, 0.3) is 0 Å². The van der Waals surface area contributed by atoms with Gasteiger partial charge in [-0.2, -0.15) is 0 Å². The fourth-order valence-electron chi connectivity index (χ4n) is 2.86. The van der Waals surface area contributed by atoms with E-state index in [-0.39, 0.29) is 22.5 Å². The number of carbonyl (C=O) groups excluding carboxylic acids is 2. The zero-order valence-corrected chi connectivity index (χ0v) is 17.3. The number of anilines is 2. The number of para-hydroxylation sites is 1. The highest BCUT2D eigenvalue weighted by molar-refractivity contribution is 7.99. The summed E-state index contributed by atoms with van der Waals surface area (Å²) >= 11 is 1.51. The van der Waals surface area contributed by atoms with Crippen molar-refractivity contribution in [3.63, 3.8) is 0 Å². The Morgan fingerprint density at radius 1 is 1.25 bits per heavy atom. The summed E-state index contributed by atoms with van der Waals surface area (Å²) in [5.74, 6) is -0.873. The average molecular weight is 419 g/mol. The highest BCUT2D eigenvalue weighted by Crippen LogP contribution is 2.33. The van der Waals surface area contributed by atoms with Crippen LogP contribution in [0.1, 0.15) is 18.9 Å². The van der Waals surface area contributed by atoms with Gasteiger partial charge in [-0.15, -0.1) is 11.8 Å². The van der Waals surface area contributed by atoms with E-state index in [9.17, 15) is 18.0 Å². The van der Waals surface area contributed by atoms with Crippen LogP contribution < -0.4 is 10.6 Å². The number of sulfone groups is 1. The van der Waals surface area contributed by atoms with Crippen molar-refractivity contribution in [2.75, 3.05) is 22.1 Å². The molecule has 1 heterocycles. The number of hydrogen-bond donors (Lipinski definition) is 2. The number of hydrogen-bond acceptors (Lipinski definition) is 5. The third-order valence-electron chi connectivity index (χ3n) is 4.49. The molecule has 28 heavy (non-hydrogen) atoms. The van der Waals surface area contributed by atoms with Crippen LogP contribution in [0.3, 0.4) is 0 Å². The fourth-order valence-corrected chi connectivity index (χ4v) is 5.37. The summed E-state index contributed by atoms with van der Waals surface area (Å²) in [6.07, 6.45) is 0.386. The van der Waals surface area contributed by atoms with Crippen LogP contribution >= 0.6 is 11.8 Å². The Morgan fingerprint density at radius 2 is 2.00 bits per heavy atom. The van der Waals surface area contributed by atoms with Gasteiger partial charge in [0.1, 0.15) is 0 Å². The lowest BCUT2D eigenvalue weighted by atomic mass is 10.1. The second-order valence-electron chi connectivity index (χ2n) is 6.79. The zero-order chi connectivity index (χ0) is 20.3. The molecule has 0 radical (unpaired) electrons. The Hall–Kier alpha value is -2.32. The molecule has 0 aromatic heterocycles. The third-order valence-corrected chi connectivity index (χ3v) is 7.48. The van der Waals surface area contributed by atoms with Crippen molar-refractivity contribution in [2.45, 2.75) is 30.1 Å². The minimum absolute atomic E-state index is 0.101. The van der Waals surface area contributed by atoms with E-state index < -0.39 is 15.8 Å². The van der Waals surface area contributed by atoms with Crippen LogP contribution in [0.15, 0.2) is 52.3 Å². The molecule has 6 nitrogen and oxygen atoms in total. The molecule has 1 aliphatic rings. The molecule has 2 aromatic carbocycles. The van der Waals surface area contributed by atoms with Gasteiger partial charge in [0.15, 0.2) is 9.84 Å². The monoisotopic (exact) mass is 418 g/mol. The summed E-state index contributed by atoms with van der Waals surface area (Å²) in [5, 5.41) is 5.53. The van der Waals surface area contributed by atoms with E-state index >= 15 is 0 Å².